The van der Waals surface area contributed by atoms with Crippen LogP contribution < -0.4 is 5.73 Å². The third kappa shape index (κ3) is 8.17. The van der Waals surface area contributed by atoms with Gasteiger partial charge in [0.05, 0.1) is 11.1 Å². The molecule has 0 saturated heterocycles. The van der Waals surface area contributed by atoms with Crippen molar-refractivity contribution in [3.05, 3.63) is 136 Å². The fourth-order valence-corrected chi connectivity index (χ4v) is 2.91. The van der Waals surface area contributed by atoms with Gasteiger partial charge in [0.15, 0.2) is 29.1 Å². The molecule has 0 bridgehead atoms. The molecule has 0 aliphatic carbocycles. The van der Waals surface area contributed by atoms with Crippen LogP contribution in [0.1, 0.15) is 31.8 Å². The lowest BCUT2D eigenvalue weighted by molar-refractivity contribution is 0.0681. The smallest absolute Gasteiger partial charge is 0.338 e. The molecule has 0 aliphatic rings. The van der Waals surface area contributed by atoms with E-state index < -0.39 is 46.6 Å². The standard InChI is InChI=1S/C14H10F2O2.C7H3F3O2.C6H7N/c15-12-7-6-10(14(17)18)11(13(12)16)8-9-4-2-1-3-5-9;8-4-2-1-3(7(11)12)5(9)6(4)10;7-6-4-2-1-3-5-6/h1-7H,8H2,(H,17,18);1-2H,(H,11,12);1-5H,7H2. The summed E-state index contributed by atoms with van der Waals surface area (Å²) in [5.41, 5.74) is 5.68. The number of nitrogen functional groups attached to an aromatic ring is 1. The Labute approximate surface area is 208 Å². The van der Waals surface area contributed by atoms with E-state index in [9.17, 15) is 31.5 Å². The van der Waals surface area contributed by atoms with Gasteiger partial charge in [-0.15, -0.1) is 0 Å². The largest absolute Gasteiger partial charge is 0.478 e. The van der Waals surface area contributed by atoms with Crippen LogP contribution in [0, 0.1) is 29.1 Å². The average Bonchev–Trinajstić information content (AvgIpc) is 2.87. The number of aromatic carboxylic acids is 2. The SMILES string of the molecule is Nc1ccccc1.O=C(O)c1ccc(F)c(F)c1Cc1ccccc1.O=C(O)c1ccc(F)c(F)c1F. The van der Waals surface area contributed by atoms with Crippen molar-refractivity contribution < 1.29 is 41.8 Å². The van der Waals surface area contributed by atoms with Crippen LogP contribution in [0.4, 0.5) is 27.6 Å². The fraction of sp³-hybridized carbons (Fsp3) is 0.0370. The van der Waals surface area contributed by atoms with E-state index in [-0.39, 0.29) is 17.5 Å². The van der Waals surface area contributed by atoms with Gasteiger partial charge in [-0.05, 0) is 42.0 Å². The van der Waals surface area contributed by atoms with Crippen LogP contribution >= 0.6 is 0 Å². The number of anilines is 1. The first-order valence-corrected chi connectivity index (χ1v) is 10.4. The maximum absolute atomic E-state index is 13.7. The van der Waals surface area contributed by atoms with Gasteiger partial charge in [0.25, 0.3) is 0 Å². The molecule has 0 spiro atoms. The highest BCUT2D eigenvalue weighted by Crippen LogP contribution is 2.21. The summed E-state index contributed by atoms with van der Waals surface area (Å²) in [6, 6.07) is 21.4. The Bertz CT molecular complexity index is 1370. The summed E-state index contributed by atoms with van der Waals surface area (Å²) in [4.78, 5) is 21.1. The summed E-state index contributed by atoms with van der Waals surface area (Å²) in [7, 11) is 0. The number of carbonyl (C=O) groups is 2. The van der Waals surface area contributed by atoms with Gasteiger partial charge in [-0.25, -0.2) is 31.5 Å². The number of benzene rings is 4. The molecule has 10 heteroatoms. The van der Waals surface area contributed by atoms with E-state index >= 15 is 0 Å². The van der Waals surface area contributed by atoms with Crippen LogP contribution in [0.5, 0.6) is 0 Å². The number of para-hydroxylation sites is 1. The van der Waals surface area contributed by atoms with E-state index in [0.29, 0.717) is 12.1 Å². The lowest BCUT2D eigenvalue weighted by atomic mass is 9.99. The molecule has 0 aliphatic heterocycles. The minimum atomic E-state index is -1.77. The van der Waals surface area contributed by atoms with Crippen molar-refractivity contribution in [1.82, 2.24) is 0 Å². The van der Waals surface area contributed by atoms with Crippen LogP contribution in [-0.2, 0) is 6.42 Å². The molecule has 5 nitrogen and oxygen atoms in total. The van der Waals surface area contributed by atoms with E-state index in [4.69, 9.17) is 15.9 Å². The first-order chi connectivity index (χ1) is 17.5. The Kier molecular flexibility index (Phi) is 10.3. The van der Waals surface area contributed by atoms with Crippen LogP contribution in [0.2, 0.25) is 0 Å². The predicted octanol–water partition coefficient (Wildman–Crippen LogP) is 6.32. The van der Waals surface area contributed by atoms with E-state index in [0.717, 1.165) is 23.4 Å². The molecule has 0 fully saturated rings. The second-order valence-corrected chi connectivity index (χ2v) is 7.29. The van der Waals surface area contributed by atoms with Gasteiger partial charge in [-0.1, -0.05) is 48.5 Å². The van der Waals surface area contributed by atoms with Crippen molar-refractivity contribution in [2.24, 2.45) is 0 Å². The van der Waals surface area contributed by atoms with E-state index in [2.05, 4.69) is 0 Å². The second-order valence-electron chi connectivity index (χ2n) is 7.29. The summed E-state index contributed by atoms with van der Waals surface area (Å²) in [5, 5.41) is 17.2. The molecule has 4 aromatic carbocycles. The van der Waals surface area contributed by atoms with Crippen molar-refractivity contribution >= 4 is 17.6 Å². The Morgan fingerprint density at radius 2 is 1.05 bits per heavy atom. The molecular weight excluding hydrogens is 497 g/mol. The van der Waals surface area contributed by atoms with Crippen molar-refractivity contribution in [2.45, 2.75) is 6.42 Å². The van der Waals surface area contributed by atoms with Gasteiger partial charge in [0.2, 0.25) is 0 Å². The Hall–Kier alpha value is -4.73. The zero-order valence-corrected chi connectivity index (χ0v) is 19.0. The number of carboxylic acids is 2. The Morgan fingerprint density at radius 1 is 0.595 bits per heavy atom. The van der Waals surface area contributed by atoms with Gasteiger partial charge >= 0.3 is 11.9 Å². The minimum Gasteiger partial charge on any atom is -0.478 e. The predicted molar refractivity (Wildman–Crippen MR) is 127 cm³/mol. The zero-order chi connectivity index (χ0) is 27.5. The van der Waals surface area contributed by atoms with Crippen LogP contribution in [0.25, 0.3) is 0 Å². The normalized spacial score (nSPS) is 9.86. The fourth-order valence-electron chi connectivity index (χ4n) is 2.91. The number of nitrogens with two attached hydrogens (primary N) is 1. The first kappa shape index (κ1) is 28.5. The third-order valence-corrected chi connectivity index (χ3v) is 4.72. The van der Waals surface area contributed by atoms with Crippen molar-refractivity contribution in [2.75, 3.05) is 5.73 Å². The zero-order valence-electron chi connectivity index (χ0n) is 19.0. The van der Waals surface area contributed by atoms with Gasteiger partial charge in [-0.2, -0.15) is 0 Å². The minimum absolute atomic E-state index is 0.0477. The van der Waals surface area contributed by atoms with Gasteiger partial charge < -0.3 is 15.9 Å². The number of hydrogen-bond acceptors (Lipinski definition) is 3. The van der Waals surface area contributed by atoms with E-state index in [1.54, 1.807) is 30.3 Å². The van der Waals surface area contributed by atoms with Crippen LogP contribution in [0.15, 0.2) is 84.9 Å². The first-order valence-electron chi connectivity index (χ1n) is 10.4. The second kappa shape index (κ2) is 13.4. The number of halogens is 5. The highest BCUT2D eigenvalue weighted by Gasteiger charge is 2.18. The van der Waals surface area contributed by atoms with Gasteiger partial charge in [0, 0.05) is 17.7 Å². The van der Waals surface area contributed by atoms with Crippen LogP contribution in [0.3, 0.4) is 0 Å². The maximum atomic E-state index is 13.7. The topological polar surface area (TPSA) is 101 Å². The monoisotopic (exact) mass is 517 g/mol. The molecule has 4 aromatic rings. The molecule has 0 atom stereocenters. The summed E-state index contributed by atoms with van der Waals surface area (Å²) in [6.45, 7) is 0. The van der Waals surface area contributed by atoms with Gasteiger partial charge in [-0.3, -0.25) is 0 Å². The molecule has 0 unspecified atom stereocenters. The lowest BCUT2D eigenvalue weighted by Crippen LogP contribution is -2.07. The van der Waals surface area contributed by atoms with Gasteiger partial charge in [0.1, 0.15) is 0 Å². The maximum Gasteiger partial charge on any atom is 0.338 e. The highest BCUT2D eigenvalue weighted by molar-refractivity contribution is 5.89. The molecule has 4 N–H and O–H groups in total. The number of hydrogen-bond donors (Lipinski definition) is 3. The van der Waals surface area contributed by atoms with Crippen molar-refractivity contribution in [3.8, 4) is 0 Å². The lowest BCUT2D eigenvalue weighted by Gasteiger charge is -2.08. The molecule has 0 amide bonds. The Balaban J connectivity index is 0.000000217. The number of rotatable bonds is 4. The molecular formula is C27H20F5NO4. The highest BCUT2D eigenvalue weighted by atomic mass is 19.2. The molecule has 4 rings (SSSR count). The summed E-state index contributed by atoms with van der Waals surface area (Å²) < 4.78 is 63.9. The van der Waals surface area contributed by atoms with E-state index in [1.165, 1.54) is 0 Å². The molecule has 0 aromatic heterocycles. The molecule has 192 valence electrons. The quantitative estimate of drug-likeness (QED) is 0.167. The van der Waals surface area contributed by atoms with Crippen molar-refractivity contribution in [1.29, 1.82) is 0 Å². The molecule has 0 heterocycles. The average molecular weight is 517 g/mol. The van der Waals surface area contributed by atoms with Crippen LogP contribution in [-0.4, -0.2) is 22.2 Å². The Morgan fingerprint density at radius 3 is 1.51 bits per heavy atom. The summed E-state index contributed by atoms with van der Waals surface area (Å²) >= 11 is 0. The van der Waals surface area contributed by atoms with Crippen molar-refractivity contribution in [3.63, 3.8) is 0 Å². The molecule has 37 heavy (non-hydrogen) atoms. The molecule has 0 radical (unpaired) electrons. The third-order valence-electron chi connectivity index (χ3n) is 4.72. The van der Waals surface area contributed by atoms with E-state index in [1.807, 2.05) is 30.3 Å². The molecule has 0 saturated carbocycles. The number of carboxylic acid groups (broad SMARTS) is 2. The summed E-state index contributed by atoms with van der Waals surface area (Å²) in [5.74, 6) is -9.88. The summed E-state index contributed by atoms with van der Waals surface area (Å²) in [6.07, 6.45) is 0.0477.